The molecule has 0 saturated heterocycles. The van der Waals surface area contributed by atoms with Crippen LogP contribution in [0.25, 0.3) is 5.95 Å². The highest BCUT2D eigenvalue weighted by Gasteiger charge is 2.10. The molecule has 0 aliphatic heterocycles. The Hall–Kier alpha value is -1.69. The second kappa shape index (κ2) is 5.97. The maximum absolute atomic E-state index is 5.91. The summed E-state index contributed by atoms with van der Waals surface area (Å²) in [5, 5.41) is 7.45. The minimum absolute atomic E-state index is 0.153. The van der Waals surface area contributed by atoms with Gasteiger partial charge in [0.2, 0.25) is 11.2 Å². The number of hydrogen-bond donors (Lipinski definition) is 1. The Labute approximate surface area is 117 Å². The number of rotatable bonds is 5. The van der Waals surface area contributed by atoms with Crippen molar-refractivity contribution < 1.29 is 0 Å². The van der Waals surface area contributed by atoms with Crippen LogP contribution in [0, 0.1) is 5.92 Å². The van der Waals surface area contributed by atoms with E-state index in [9.17, 15) is 0 Å². The van der Waals surface area contributed by atoms with Crippen LogP contribution in [0.3, 0.4) is 0 Å². The van der Waals surface area contributed by atoms with E-state index in [4.69, 9.17) is 11.6 Å². The van der Waals surface area contributed by atoms with Crippen LogP contribution in [0.15, 0.2) is 18.5 Å². The molecule has 7 heteroatoms. The summed E-state index contributed by atoms with van der Waals surface area (Å²) >= 11 is 5.91. The van der Waals surface area contributed by atoms with E-state index in [1.165, 1.54) is 0 Å². The van der Waals surface area contributed by atoms with Crippen molar-refractivity contribution in [3.8, 4) is 5.95 Å². The topological polar surface area (TPSA) is 68.5 Å². The average Bonchev–Trinajstić information content (AvgIpc) is 2.79. The zero-order valence-corrected chi connectivity index (χ0v) is 12.0. The Kier molecular flexibility index (Phi) is 4.31. The summed E-state index contributed by atoms with van der Waals surface area (Å²) in [4.78, 5) is 12.4. The molecule has 102 valence electrons. The van der Waals surface area contributed by atoms with Crippen molar-refractivity contribution in [3.05, 3.63) is 23.7 Å². The third-order valence-corrected chi connectivity index (χ3v) is 2.68. The van der Waals surface area contributed by atoms with E-state index < -0.39 is 0 Å². The SMILES string of the molecule is CC(C)CC(C)Nc1nc(Cl)nc(-n2cccn2)n1. The molecule has 0 aliphatic carbocycles. The quantitative estimate of drug-likeness (QED) is 0.911. The molecular formula is C12H17ClN6. The molecule has 1 unspecified atom stereocenters. The predicted molar refractivity (Wildman–Crippen MR) is 74.5 cm³/mol. The highest BCUT2D eigenvalue weighted by molar-refractivity contribution is 6.28. The number of nitrogens with zero attached hydrogens (tertiary/aromatic N) is 5. The lowest BCUT2D eigenvalue weighted by atomic mass is 10.1. The van der Waals surface area contributed by atoms with Gasteiger partial charge < -0.3 is 5.32 Å². The van der Waals surface area contributed by atoms with Gasteiger partial charge in [0.05, 0.1) is 0 Å². The van der Waals surface area contributed by atoms with Crippen LogP contribution in [0.2, 0.25) is 5.28 Å². The molecule has 2 heterocycles. The monoisotopic (exact) mass is 280 g/mol. The van der Waals surface area contributed by atoms with Gasteiger partial charge in [-0.25, -0.2) is 4.68 Å². The lowest BCUT2D eigenvalue weighted by molar-refractivity contribution is 0.537. The van der Waals surface area contributed by atoms with Crippen molar-refractivity contribution in [1.82, 2.24) is 24.7 Å². The first-order valence-corrected chi connectivity index (χ1v) is 6.60. The highest BCUT2D eigenvalue weighted by Crippen LogP contribution is 2.12. The van der Waals surface area contributed by atoms with Crippen molar-refractivity contribution in [2.24, 2.45) is 5.92 Å². The fraction of sp³-hybridized carbons (Fsp3) is 0.500. The first kappa shape index (κ1) is 13.7. The van der Waals surface area contributed by atoms with Gasteiger partial charge in [-0.3, -0.25) is 0 Å². The summed E-state index contributed by atoms with van der Waals surface area (Å²) in [7, 11) is 0. The third kappa shape index (κ3) is 3.89. The van der Waals surface area contributed by atoms with Gasteiger partial charge in [0.15, 0.2) is 0 Å². The fourth-order valence-electron chi connectivity index (χ4n) is 1.88. The highest BCUT2D eigenvalue weighted by atomic mass is 35.5. The number of halogens is 1. The van der Waals surface area contributed by atoms with E-state index in [0.29, 0.717) is 17.8 Å². The van der Waals surface area contributed by atoms with Crippen LogP contribution in [-0.4, -0.2) is 30.8 Å². The zero-order valence-electron chi connectivity index (χ0n) is 11.2. The van der Waals surface area contributed by atoms with Crippen LogP contribution in [-0.2, 0) is 0 Å². The molecule has 0 bridgehead atoms. The smallest absolute Gasteiger partial charge is 0.256 e. The minimum Gasteiger partial charge on any atom is -0.352 e. The van der Waals surface area contributed by atoms with Gasteiger partial charge in [-0.2, -0.15) is 20.1 Å². The first-order valence-electron chi connectivity index (χ1n) is 6.22. The Bertz CT molecular complexity index is 525. The summed E-state index contributed by atoms with van der Waals surface area (Å²) in [6.45, 7) is 6.44. The van der Waals surface area contributed by atoms with Crippen molar-refractivity contribution in [2.45, 2.75) is 33.2 Å². The second-order valence-electron chi connectivity index (χ2n) is 4.85. The van der Waals surface area contributed by atoms with Gasteiger partial charge in [0.1, 0.15) is 0 Å². The van der Waals surface area contributed by atoms with Gasteiger partial charge in [-0.05, 0) is 36.9 Å². The molecule has 19 heavy (non-hydrogen) atoms. The largest absolute Gasteiger partial charge is 0.352 e. The molecule has 0 saturated carbocycles. The summed E-state index contributed by atoms with van der Waals surface area (Å²) in [5.41, 5.74) is 0. The van der Waals surface area contributed by atoms with Crippen LogP contribution >= 0.6 is 11.6 Å². The van der Waals surface area contributed by atoms with Gasteiger partial charge in [0, 0.05) is 18.4 Å². The minimum atomic E-state index is 0.153. The van der Waals surface area contributed by atoms with E-state index in [2.05, 4.69) is 46.1 Å². The molecule has 1 atom stereocenters. The molecule has 2 rings (SSSR count). The van der Waals surface area contributed by atoms with Crippen molar-refractivity contribution in [2.75, 3.05) is 5.32 Å². The van der Waals surface area contributed by atoms with E-state index in [1.807, 2.05) is 0 Å². The lowest BCUT2D eigenvalue weighted by Crippen LogP contribution is -2.20. The Morgan fingerprint density at radius 2 is 2.05 bits per heavy atom. The van der Waals surface area contributed by atoms with Crippen molar-refractivity contribution >= 4 is 17.5 Å². The molecular weight excluding hydrogens is 264 g/mol. The summed E-state index contributed by atoms with van der Waals surface area (Å²) in [5.74, 6) is 1.48. The Morgan fingerprint density at radius 3 is 2.68 bits per heavy atom. The molecule has 0 spiro atoms. The van der Waals surface area contributed by atoms with Gasteiger partial charge >= 0.3 is 0 Å². The van der Waals surface area contributed by atoms with E-state index in [1.54, 1.807) is 23.1 Å². The summed E-state index contributed by atoms with van der Waals surface area (Å²) in [6.07, 6.45) is 4.44. The maximum atomic E-state index is 5.91. The first-order chi connectivity index (χ1) is 9.04. The van der Waals surface area contributed by atoms with Gasteiger partial charge in [-0.15, -0.1) is 0 Å². The number of hydrogen-bond acceptors (Lipinski definition) is 5. The molecule has 0 aliphatic rings. The van der Waals surface area contributed by atoms with Crippen LogP contribution in [0.1, 0.15) is 27.2 Å². The maximum Gasteiger partial charge on any atom is 0.256 e. The Balaban J connectivity index is 2.18. The molecule has 0 aromatic carbocycles. The summed E-state index contributed by atoms with van der Waals surface area (Å²) in [6, 6.07) is 2.07. The third-order valence-electron chi connectivity index (χ3n) is 2.51. The fourth-order valence-corrected chi connectivity index (χ4v) is 2.04. The van der Waals surface area contributed by atoms with Crippen LogP contribution in [0.5, 0.6) is 0 Å². The summed E-state index contributed by atoms with van der Waals surface area (Å²) < 4.78 is 1.55. The standard InChI is InChI=1S/C12H17ClN6/c1-8(2)7-9(3)15-11-16-10(13)17-12(18-11)19-6-4-5-14-19/h4-6,8-9H,7H2,1-3H3,(H,15,16,17,18). The average molecular weight is 281 g/mol. The zero-order chi connectivity index (χ0) is 13.8. The normalized spacial score (nSPS) is 12.7. The van der Waals surface area contributed by atoms with Gasteiger partial charge in [0.25, 0.3) is 5.95 Å². The molecule has 6 nitrogen and oxygen atoms in total. The lowest BCUT2D eigenvalue weighted by Gasteiger charge is -2.16. The molecule has 0 fully saturated rings. The number of aromatic nitrogens is 5. The molecule has 1 N–H and O–H groups in total. The predicted octanol–water partition coefficient (Wildman–Crippen LogP) is 2.56. The van der Waals surface area contributed by atoms with Crippen LogP contribution < -0.4 is 5.32 Å². The van der Waals surface area contributed by atoms with Crippen molar-refractivity contribution in [1.29, 1.82) is 0 Å². The Morgan fingerprint density at radius 1 is 1.26 bits per heavy atom. The molecule has 2 aromatic rings. The van der Waals surface area contributed by atoms with Gasteiger partial charge in [-0.1, -0.05) is 13.8 Å². The molecule has 0 radical (unpaired) electrons. The number of anilines is 1. The number of nitrogens with one attached hydrogen (secondary N) is 1. The molecule has 2 aromatic heterocycles. The van der Waals surface area contributed by atoms with E-state index in [-0.39, 0.29) is 11.3 Å². The second-order valence-corrected chi connectivity index (χ2v) is 5.19. The van der Waals surface area contributed by atoms with Crippen LogP contribution in [0.4, 0.5) is 5.95 Å². The van der Waals surface area contributed by atoms with Crippen molar-refractivity contribution in [3.63, 3.8) is 0 Å². The van der Waals surface area contributed by atoms with E-state index >= 15 is 0 Å². The van der Waals surface area contributed by atoms with E-state index in [0.717, 1.165) is 6.42 Å². The molecule has 0 amide bonds.